The number of halogens is 2. The van der Waals surface area contributed by atoms with Gasteiger partial charge in [-0.05, 0) is 57.4 Å². The number of hydrogen-bond donors (Lipinski definition) is 2. The Morgan fingerprint density at radius 3 is 2.82 bits per heavy atom. The van der Waals surface area contributed by atoms with Crippen LogP contribution in [0.4, 0.5) is 0 Å². The Kier molecular flexibility index (Phi) is 6.33. The standard InChI is InChI=1S/C19H16BrClN4O3/c1-28-17-8-13(4-7-16(17)26)9-22-23-19(27)18-15(20)11-25(24-18)10-12-2-5-14(21)6-3-12/h2-9,11,26H,10H2,1H3,(H,23,27)/b22-9-. The molecule has 1 heterocycles. The number of methoxy groups -OCH3 is 1. The van der Waals surface area contributed by atoms with E-state index in [1.807, 2.05) is 12.1 Å². The number of amides is 1. The van der Waals surface area contributed by atoms with Gasteiger partial charge < -0.3 is 9.84 Å². The topological polar surface area (TPSA) is 88.7 Å². The summed E-state index contributed by atoms with van der Waals surface area (Å²) in [4.78, 5) is 12.3. The van der Waals surface area contributed by atoms with Crippen LogP contribution in [0.2, 0.25) is 5.02 Å². The first-order valence-corrected chi connectivity index (χ1v) is 9.31. The van der Waals surface area contributed by atoms with Crippen LogP contribution >= 0.6 is 27.5 Å². The summed E-state index contributed by atoms with van der Waals surface area (Å²) >= 11 is 9.23. The maximum Gasteiger partial charge on any atom is 0.293 e. The summed E-state index contributed by atoms with van der Waals surface area (Å²) in [6, 6.07) is 12.1. The van der Waals surface area contributed by atoms with Crippen molar-refractivity contribution >= 4 is 39.7 Å². The van der Waals surface area contributed by atoms with Gasteiger partial charge in [0.25, 0.3) is 5.91 Å². The number of ether oxygens (including phenoxy) is 1. The number of aromatic nitrogens is 2. The number of phenols is 1. The molecule has 0 aliphatic rings. The van der Waals surface area contributed by atoms with Gasteiger partial charge in [0.2, 0.25) is 0 Å². The summed E-state index contributed by atoms with van der Waals surface area (Å²) < 4.78 is 7.24. The molecule has 0 radical (unpaired) electrons. The van der Waals surface area contributed by atoms with E-state index >= 15 is 0 Å². The third-order valence-electron chi connectivity index (χ3n) is 3.77. The molecule has 2 aromatic carbocycles. The molecule has 9 heteroatoms. The van der Waals surface area contributed by atoms with Crippen molar-refractivity contribution in [1.29, 1.82) is 0 Å². The molecule has 28 heavy (non-hydrogen) atoms. The average Bonchev–Trinajstić information content (AvgIpc) is 3.05. The van der Waals surface area contributed by atoms with E-state index in [0.29, 0.717) is 27.4 Å². The first kappa shape index (κ1) is 19.9. The first-order valence-electron chi connectivity index (χ1n) is 8.14. The maximum absolute atomic E-state index is 12.3. The molecular formula is C19H16BrClN4O3. The van der Waals surface area contributed by atoms with Crippen LogP contribution in [0.5, 0.6) is 11.5 Å². The maximum atomic E-state index is 12.3. The van der Waals surface area contributed by atoms with Crippen LogP contribution in [-0.2, 0) is 6.54 Å². The van der Waals surface area contributed by atoms with Gasteiger partial charge in [-0.3, -0.25) is 9.48 Å². The molecule has 3 aromatic rings. The molecule has 0 unspecified atom stereocenters. The van der Waals surface area contributed by atoms with Crippen LogP contribution in [-0.4, -0.2) is 34.1 Å². The van der Waals surface area contributed by atoms with E-state index in [0.717, 1.165) is 5.56 Å². The van der Waals surface area contributed by atoms with Crippen molar-refractivity contribution in [3.05, 3.63) is 75.0 Å². The summed E-state index contributed by atoms with van der Waals surface area (Å²) in [7, 11) is 1.45. The highest BCUT2D eigenvalue weighted by molar-refractivity contribution is 9.10. The van der Waals surface area contributed by atoms with Gasteiger partial charge in [-0.25, -0.2) is 5.43 Å². The highest BCUT2D eigenvalue weighted by Crippen LogP contribution is 2.25. The molecule has 0 atom stereocenters. The third kappa shape index (κ3) is 4.90. The van der Waals surface area contributed by atoms with Gasteiger partial charge in [0.15, 0.2) is 17.2 Å². The largest absolute Gasteiger partial charge is 0.504 e. The normalized spacial score (nSPS) is 11.0. The Balaban J connectivity index is 1.66. The van der Waals surface area contributed by atoms with Gasteiger partial charge in [0.05, 0.1) is 24.3 Å². The van der Waals surface area contributed by atoms with Crippen LogP contribution in [0.3, 0.4) is 0 Å². The first-order chi connectivity index (χ1) is 13.5. The second-order valence-corrected chi connectivity index (χ2v) is 7.07. The van der Waals surface area contributed by atoms with Crippen LogP contribution in [0.1, 0.15) is 21.6 Å². The highest BCUT2D eigenvalue weighted by Gasteiger charge is 2.15. The summed E-state index contributed by atoms with van der Waals surface area (Å²) in [6.07, 6.45) is 3.16. The quantitative estimate of drug-likeness (QED) is 0.430. The van der Waals surface area contributed by atoms with Gasteiger partial charge in [0, 0.05) is 11.2 Å². The molecule has 0 aliphatic heterocycles. The van der Waals surface area contributed by atoms with E-state index < -0.39 is 5.91 Å². The number of carbonyl (C=O) groups is 1. The van der Waals surface area contributed by atoms with Gasteiger partial charge in [-0.15, -0.1) is 0 Å². The minimum Gasteiger partial charge on any atom is -0.504 e. The van der Waals surface area contributed by atoms with Crippen LogP contribution in [0.15, 0.2) is 58.2 Å². The molecule has 2 N–H and O–H groups in total. The molecule has 0 saturated heterocycles. The molecular weight excluding hydrogens is 448 g/mol. The Bertz CT molecular complexity index is 1020. The SMILES string of the molecule is COc1cc(/C=N\NC(=O)c2nn(Cc3ccc(Cl)cc3)cc2Br)ccc1O. The lowest BCUT2D eigenvalue weighted by molar-refractivity contribution is 0.0948. The Labute approximate surface area is 174 Å². The van der Waals surface area contributed by atoms with E-state index in [9.17, 15) is 9.90 Å². The van der Waals surface area contributed by atoms with E-state index in [1.165, 1.54) is 19.4 Å². The predicted octanol–water partition coefficient (Wildman–Crippen LogP) is 3.83. The van der Waals surface area contributed by atoms with Crippen LogP contribution < -0.4 is 10.2 Å². The zero-order valence-electron chi connectivity index (χ0n) is 14.8. The molecule has 0 aliphatic carbocycles. The Hall–Kier alpha value is -2.84. The number of phenolic OH excluding ortho intramolecular Hbond substituents is 1. The summed E-state index contributed by atoms with van der Waals surface area (Å²) in [5.74, 6) is -0.110. The van der Waals surface area contributed by atoms with Gasteiger partial charge in [-0.1, -0.05) is 23.7 Å². The number of hydrogen-bond acceptors (Lipinski definition) is 5. The Morgan fingerprint density at radius 1 is 1.36 bits per heavy atom. The zero-order chi connectivity index (χ0) is 20.1. The number of rotatable bonds is 6. The molecule has 144 valence electrons. The second-order valence-electron chi connectivity index (χ2n) is 5.78. The number of nitrogens with one attached hydrogen (secondary N) is 1. The van der Waals surface area contributed by atoms with E-state index in [2.05, 4.69) is 31.6 Å². The van der Waals surface area contributed by atoms with Crippen molar-refractivity contribution in [2.75, 3.05) is 7.11 Å². The number of carbonyl (C=O) groups excluding carboxylic acids is 1. The fourth-order valence-corrected chi connectivity index (χ4v) is 3.02. The van der Waals surface area contributed by atoms with Crippen molar-refractivity contribution in [3.8, 4) is 11.5 Å². The van der Waals surface area contributed by atoms with E-state index in [4.69, 9.17) is 16.3 Å². The monoisotopic (exact) mass is 462 g/mol. The number of aromatic hydroxyl groups is 1. The van der Waals surface area contributed by atoms with Gasteiger partial charge >= 0.3 is 0 Å². The molecule has 0 saturated carbocycles. The number of nitrogens with zero attached hydrogens (tertiary/aromatic N) is 3. The van der Waals surface area contributed by atoms with Crippen molar-refractivity contribution < 1.29 is 14.6 Å². The fraction of sp³-hybridized carbons (Fsp3) is 0.105. The molecule has 1 aromatic heterocycles. The summed E-state index contributed by atoms with van der Waals surface area (Å²) in [6.45, 7) is 0.500. The lowest BCUT2D eigenvalue weighted by Crippen LogP contribution is -2.19. The molecule has 1 amide bonds. The fourth-order valence-electron chi connectivity index (χ4n) is 2.40. The smallest absolute Gasteiger partial charge is 0.293 e. The zero-order valence-corrected chi connectivity index (χ0v) is 17.1. The minimum atomic E-state index is -0.455. The third-order valence-corrected chi connectivity index (χ3v) is 4.61. The molecule has 7 nitrogen and oxygen atoms in total. The number of benzene rings is 2. The van der Waals surface area contributed by atoms with Crippen molar-refractivity contribution in [3.63, 3.8) is 0 Å². The molecule has 3 rings (SSSR count). The van der Waals surface area contributed by atoms with E-state index in [-0.39, 0.29) is 11.4 Å². The van der Waals surface area contributed by atoms with Crippen molar-refractivity contribution in [1.82, 2.24) is 15.2 Å². The van der Waals surface area contributed by atoms with Crippen LogP contribution in [0, 0.1) is 0 Å². The van der Waals surface area contributed by atoms with Crippen molar-refractivity contribution in [2.45, 2.75) is 6.54 Å². The van der Waals surface area contributed by atoms with Crippen molar-refractivity contribution in [2.24, 2.45) is 5.10 Å². The average molecular weight is 464 g/mol. The van der Waals surface area contributed by atoms with Crippen LogP contribution in [0.25, 0.3) is 0 Å². The van der Waals surface area contributed by atoms with E-state index in [1.54, 1.807) is 35.1 Å². The summed E-state index contributed by atoms with van der Waals surface area (Å²) in [5.41, 5.74) is 4.31. The molecule has 0 spiro atoms. The lowest BCUT2D eigenvalue weighted by Gasteiger charge is -2.03. The molecule has 0 fully saturated rings. The predicted molar refractivity (Wildman–Crippen MR) is 110 cm³/mol. The second kappa shape index (κ2) is 8.90. The summed E-state index contributed by atoms with van der Waals surface area (Å²) in [5, 5.41) is 18.5. The Morgan fingerprint density at radius 2 is 2.11 bits per heavy atom. The molecule has 0 bridgehead atoms. The number of hydrazone groups is 1. The van der Waals surface area contributed by atoms with Gasteiger partial charge in [-0.2, -0.15) is 10.2 Å². The lowest BCUT2D eigenvalue weighted by atomic mass is 10.2. The highest BCUT2D eigenvalue weighted by atomic mass is 79.9. The van der Waals surface area contributed by atoms with Gasteiger partial charge in [0.1, 0.15) is 0 Å². The minimum absolute atomic E-state index is 0.0267.